The molecule has 1 saturated carbocycles. The van der Waals surface area contributed by atoms with Crippen molar-refractivity contribution >= 4 is 48.9 Å². The van der Waals surface area contributed by atoms with Crippen LogP contribution in [0.1, 0.15) is 22.5 Å². The second-order valence-electron chi connectivity index (χ2n) is 4.96. The Hall–Kier alpha value is -1.33. The number of rotatable bonds is 4. The van der Waals surface area contributed by atoms with Crippen molar-refractivity contribution < 1.29 is 4.79 Å². The molecule has 0 radical (unpaired) electrons. The number of carbonyl (C=O) groups is 1. The lowest BCUT2D eigenvalue weighted by Crippen LogP contribution is -2.33. The predicted molar refractivity (Wildman–Crippen MR) is 88.2 cm³/mol. The molecule has 1 amide bonds. The Morgan fingerprint density at radius 1 is 1.55 bits per heavy atom. The molecule has 0 saturated heterocycles. The molecule has 0 aliphatic heterocycles. The summed E-state index contributed by atoms with van der Waals surface area (Å²) >= 11 is 4.91. The summed E-state index contributed by atoms with van der Waals surface area (Å²) in [4.78, 5) is 15.2. The third-order valence-corrected chi connectivity index (χ3v) is 5.12. The minimum absolute atomic E-state index is 0.0298. The van der Waals surface area contributed by atoms with Crippen molar-refractivity contribution in [3.05, 3.63) is 40.2 Å². The molecule has 0 spiro atoms. The Kier molecular flexibility index (Phi) is 3.56. The fourth-order valence-electron chi connectivity index (χ4n) is 2.30. The number of halogens is 1. The number of amides is 1. The van der Waals surface area contributed by atoms with Crippen molar-refractivity contribution in [3.63, 3.8) is 0 Å². The van der Waals surface area contributed by atoms with E-state index in [1.54, 1.807) is 6.08 Å². The van der Waals surface area contributed by atoms with Crippen molar-refractivity contribution in [2.24, 2.45) is 0 Å². The van der Waals surface area contributed by atoms with E-state index in [9.17, 15) is 4.79 Å². The van der Waals surface area contributed by atoms with E-state index < -0.39 is 0 Å². The molecular formula is C15H15BrN2OS. The molecule has 1 aliphatic rings. The summed E-state index contributed by atoms with van der Waals surface area (Å²) in [6.45, 7) is 4.32. The Labute approximate surface area is 130 Å². The van der Waals surface area contributed by atoms with E-state index in [2.05, 4.69) is 22.5 Å². The van der Waals surface area contributed by atoms with Crippen LogP contribution >= 0.6 is 27.3 Å². The van der Waals surface area contributed by atoms with Crippen LogP contribution in [0, 0.1) is 0 Å². The number of fused-ring (bicyclic) bond motifs is 1. The van der Waals surface area contributed by atoms with Gasteiger partial charge in [-0.3, -0.25) is 4.79 Å². The SMILES string of the molecule is C=CCN(C(=O)c1sc2ccc(Br)cc2c1N)C1CC1. The lowest BCUT2D eigenvalue weighted by Gasteiger charge is -2.20. The summed E-state index contributed by atoms with van der Waals surface area (Å²) in [5.41, 5.74) is 6.77. The zero-order valence-corrected chi connectivity index (χ0v) is 13.3. The largest absolute Gasteiger partial charge is 0.397 e. The van der Waals surface area contributed by atoms with Crippen LogP contribution in [0.15, 0.2) is 35.3 Å². The standard InChI is InChI=1S/C15H15BrN2OS/c1-2-7-18(10-4-5-10)15(19)14-13(17)11-8-9(16)3-6-12(11)20-14/h2-3,6,8,10H,1,4-5,7,17H2. The van der Waals surface area contributed by atoms with Gasteiger partial charge in [-0.15, -0.1) is 17.9 Å². The van der Waals surface area contributed by atoms with Crippen LogP contribution < -0.4 is 5.73 Å². The molecule has 1 aromatic heterocycles. The number of hydrogen-bond donors (Lipinski definition) is 1. The van der Waals surface area contributed by atoms with Gasteiger partial charge in [0.1, 0.15) is 4.88 Å². The minimum atomic E-state index is 0.0298. The zero-order valence-electron chi connectivity index (χ0n) is 10.9. The molecule has 0 bridgehead atoms. The van der Waals surface area contributed by atoms with Gasteiger partial charge in [0.15, 0.2) is 0 Å². The Balaban J connectivity index is 2.02. The number of nitrogen functional groups attached to an aromatic ring is 1. The van der Waals surface area contributed by atoms with Gasteiger partial charge in [-0.1, -0.05) is 22.0 Å². The minimum Gasteiger partial charge on any atom is -0.397 e. The normalized spacial score (nSPS) is 14.4. The van der Waals surface area contributed by atoms with Gasteiger partial charge < -0.3 is 10.6 Å². The average molecular weight is 351 g/mol. The number of benzene rings is 1. The smallest absolute Gasteiger partial charge is 0.266 e. The lowest BCUT2D eigenvalue weighted by atomic mass is 10.2. The highest BCUT2D eigenvalue weighted by Crippen LogP contribution is 2.37. The zero-order chi connectivity index (χ0) is 14.3. The molecule has 5 heteroatoms. The van der Waals surface area contributed by atoms with Crippen molar-refractivity contribution in [2.45, 2.75) is 18.9 Å². The maximum absolute atomic E-state index is 12.7. The van der Waals surface area contributed by atoms with Crippen LogP contribution in [-0.4, -0.2) is 23.4 Å². The summed E-state index contributed by atoms with van der Waals surface area (Å²) < 4.78 is 2.02. The van der Waals surface area contributed by atoms with Gasteiger partial charge in [-0.2, -0.15) is 0 Å². The van der Waals surface area contributed by atoms with Crippen LogP contribution in [0.2, 0.25) is 0 Å². The van der Waals surface area contributed by atoms with Crippen LogP contribution in [0.25, 0.3) is 10.1 Å². The molecular weight excluding hydrogens is 336 g/mol. The maximum Gasteiger partial charge on any atom is 0.266 e. The number of anilines is 1. The molecule has 0 atom stereocenters. The average Bonchev–Trinajstić information content (AvgIpc) is 3.22. The third kappa shape index (κ3) is 2.36. The van der Waals surface area contributed by atoms with Gasteiger partial charge in [-0.25, -0.2) is 0 Å². The third-order valence-electron chi connectivity index (χ3n) is 3.46. The van der Waals surface area contributed by atoms with Crippen LogP contribution in [0.4, 0.5) is 5.69 Å². The summed E-state index contributed by atoms with van der Waals surface area (Å²) in [5.74, 6) is 0.0298. The number of nitrogens with two attached hydrogens (primary N) is 1. The highest BCUT2D eigenvalue weighted by Gasteiger charge is 2.33. The monoisotopic (exact) mass is 350 g/mol. The summed E-state index contributed by atoms with van der Waals surface area (Å²) in [6.07, 6.45) is 3.93. The first-order valence-electron chi connectivity index (χ1n) is 6.51. The molecule has 1 aliphatic carbocycles. The van der Waals surface area contributed by atoms with E-state index in [1.165, 1.54) is 11.3 Å². The molecule has 20 heavy (non-hydrogen) atoms. The van der Waals surface area contributed by atoms with Crippen LogP contribution in [0.5, 0.6) is 0 Å². The van der Waals surface area contributed by atoms with E-state index in [0.717, 1.165) is 27.4 Å². The highest BCUT2D eigenvalue weighted by atomic mass is 79.9. The molecule has 1 fully saturated rings. The second-order valence-corrected chi connectivity index (χ2v) is 6.93. The molecule has 2 N–H and O–H groups in total. The second kappa shape index (κ2) is 5.22. The maximum atomic E-state index is 12.7. The van der Waals surface area contributed by atoms with Crippen molar-refractivity contribution in [3.8, 4) is 0 Å². The molecule has 1 aromatic carbocycles. The fraction of sp³-hybridized carbons (Fsp3) is 0.267. The van der Waals surface area contributed by atoms with Gasteiger partial charge in [0, 0.05) is 27.1 Å². The number of hydrogen-bond acceptors (Lipinski definition) is 3. The quantitative estimate of drug-likeness (QED) is 0.845. The first kappa shape index (κ1) is 13.6. The van der Waals surface area contributed by atoms with Gasteiger partial charge in [0.05, 0.1) is 5.69 Å². The van der Waals surface area contributed by atoms with E-state index in [0.29, 0.717) is 23.2 Å². The van der Waals surface area contributed by atoms with Gasteiger partial charge >= 0.3 is 0 Å². The Bertz CT molecular complexity index is 690. The summed E-state index contributed by atoms with van der Waals surface area (Å²) in [5, 5.41) is 0.946. The van der Waals surface area contributed by atoms with Crippen molar-refractivity contribution in [1.29, 1.82) is 0 Å². The van der Waals surface area contributed by atoms with Gasteiger partial charge in [0.2, 0.25) is 0 Å². The predicted octanol–water partition coefficient (Wildman–Crippen LogP) is 4.04. The molecule has 3 rings (SSSR count). The van der Waals surface area contributed by atoms with Crippen LogP contribution in [0.3, 0.4) is 0 Å². The van der Waals surface area contributed by atoms with E-state index in [4.69, 9.17) is 5.73 Å². The number of nitrogens with zero attached hydrogens (tertiary/aromatic N) is 1. The molecule has 0 unspecified atom stereocenters. The summed E-state index contributed by atoms with van der Waals surface area (Å²) in [7, 11) is 0. The topological polar surface area (TPSA) is 46.3 Å². The first-order chi connectivity index (χ1) is 9.61. The molecule has 3 nitrogen and oxygen atoms in total. The molecule has 104 valence electrons. The highest BCUT2D eigenvalue weighted by molar-refractivity contribution is 9.10. The van der Waals surface area contributed by atoms with E-state index in [1.807, 2.05) is 23.1 Å². The lowest BCUT2D eigenvalue weighted by molar-refractivity contribution is 0.0768. The number of thiophene rings is 1. The summed E-state index contributed by atoms with van der Waals surface area (Å²) in [6, 6.07) is 6.28. The molecule has 2 aromatic rings. The van der Waals surface area contributed by atoms with Gasteiger partial charge in [-0.05, 0) is 31.0 Å². The van der Waals surface area contributed by atoms with Crippen molar-refractivity contribution in [2.75, 3.05) is 12.3 Å². The number of carbonyl (C=O) groups excluding carboxylic acids is 1. The van der Waals surface area contributed by atoms with Crippen LogP contribution in [-0.2, 0) is 0 Å². The Morgan fingerprint density at radius 3 is 2.95 bits per heavy atom. The van der Waals surface area contributed by atoms with E-state index in [-0.39, 0.29) is 5.91 Å². The van der Waals surface area contributed by atoms with Gasteiger partial charge in [0.25, 0.3) is 5.91 Å². The molecule has 1 heterocycles. The Morgan fingerprint density at radius 2 is 2.30 bits per heavy atom. The fourth-order valence-corrected chi connectivity index (χ4v) is 3.72. The van der Waals surface area contributed by atoms with E-state index >= 15 is 0 Å². The first-order valence-corrected chi connectivity index (χ1v) is 8.12. The van der Waals surface area contributed by atoms with Crippen molar-refractivity contribution in [1.82, 2.24) is 4.90 Å².